The minimum Gasteiger partial charge on any atom is -0.394 e. The number of halogens is 1. The first kappa shape index (κ1) is 10.5. The van der Waals surface area contributed by atoms with Gasteiger partial charge < -0.3 is 10.8 Å². The third kappa shape index (κ3) is 2.99. The third-order valence-electron chi connectivity index (χ3n) is 1.60. The van der Waals surface area contributed by atoms with E-state index in [-0.39, 0.29) is 17.8 Å². The Kier molecular flexibility index (Phi) is 3.71. The Balaban J connectivity index is 2.77. The fraction of sp³-hybridized carbons (Fsp3) is 0.333. The van der Waals surface area contributed by atoms with E-state index in [0.29, 0.717) is 0 Å². The van der Waals surface area contributed by atoms with Gasteiger partial charge in [-0.2, -0.15) is 0 Å². The molecule has 1 unspecified atom stereocenters. The van der Waals surface area contributed by atoms with E-state index < -0.39 is 0 Å². The summed E-state index contributed by atoms with van der Waals surface area (Å²) in [5, 5.41) is 8.38. The maximum absolute atomic E-state index is 12.7. The van der Waals surface area contributed by atoms with E-state index in [2.05, 4.69) is 0 Å². The molecule has 13 heavy (non-hydrogen) atoms. The number of benzene rings is 1. The van der Waals surface area contributed by atoms with Crippen molar-refractivity contribution in [2.75, 3.05) is 6.61 Å². The van der Waals surface area contributed by atoms with Crippen LogP contribution < -0.4 is 5.73 Å². The predicted octanol–water partition coefficient (Wildman–Crippen LogP) is 1.50. The van der Waals surface area contributed by atoms with Gasteiger partial charge >= 0.3 is 0 Å². The van der Waals surface area contributed by atoms with Crippen LogP contribution in [0.1, 0.15) is 5.56 Å². The highest BCUT2D eigenvalue weighted by molar-refractivity contribution is 8.00. The monoisotopic (exact) mass is 201 g/mol. The lowest BCUT2D eigenvalue weighted by Gasteiger charge is -2.09. The lowest BCUT2D eigenvalue weighted by Crippen LogP contribution is -2.19. The number of aliphatic hydroxyl groups excluding tert-OH is 1. The Hall–Kier alpha value is -0.580. The fourth-order valence-corrected chi connectivity index (χ4v) is 1.74. The molecule has 2 nitrogen and oxygen atoms in total. The number of aliphatic hydroxyl groups is 1. The van der Waals surface area contributed by atoms with E-state index in [1.54, 1.807) is 6.07 Å². The van der Waals surface area contributed by atoms with Gasteiger partial charge in [-0.3, -0.25) is 0 Å². The summed E-state index contributed by atoms with van der Waals surface area (Å²) in [7, 11) is 0. The third-order valence-corrected chi connectivity index (χ3v) is 2.76. The van der Waals surface area contributed by atoms with Crippen LogP contribution in [0, 0.1) is 12.7 Å². The zero-order valence-corrected chi connectivity index (χ0v) is 8.14. The molecular formula is C9H12FNOS. The van der Waals surface area contributed by atoms with E-state index in [0.717, 1.165) is 10.5 Å². The second-order valence-electron chi connectivity index (χ2n) is 2.75. The van der Waals surface area contributed by atoms with Crippen LogP contribution in [-0.2, 0) is 0 Å². The molecule has 4 heteroatoms. The molecule has 0 radical (unpaired) electrons. The van der Waals surface area contributed by atoms with Crippen LogP contribution in [0.5, 0.6) is 0 Å². The molecule has 0 heterocycles. The number of thioether (sulfide) groups is 1. The molecule has 0 spiro atoms. The van der Waals surface area contributed by atoms with Gasteiger partial charge in [0.15, 0.2) is 0 Å². The molecule has 1 atom stereocenters. The highest BCUT2D eigenvalue weighted by Gasteiger charge is 2.05. The van der Waals surface area contributed by atoms with Crippen molar-refractivity contribution in [3.63, 3.8) is 0 Å². The molecule has 0 amide bonds. The average molecular weight is 201 g/mol. The van der Waals surface area contributed by atoms with Gasteiger partial charge in [-0.25, -0.2) is 4.39 Å². The van der Waals surface area contributed by atoms with Crippen molar-refractivity contribution in [3.8, 4) is 0 Å². The van der Waals surface area contributed by atoms with Gasteiger partial charge in [0.1, 0.15) is 5.82 Å². The Labute approximate surface area is 80.9 Å². The number of rotatable bonds is 3. The van der Waals surface area contributed by atoms with Crippen molar-refractivity contribution in [2.24, 2.45) is 5.73 Å². The van der Waals surface area contributed by atoms with Gasteiger partial charge in [0.2, 0.25) is 0 Å². The maximum atomic E-state index is 12.7. The minimum absolute atomic E-state index is 0.0819. The van der Waals surface area contributed by atoms with E-state index in [1.165, 1.54) is 23.9 Å². The van der Waals surface area contributed by atoms with Gasteiger partial charge in [-0.15, -0.1) is 11.8 Å². The molecule has 72 valence electrons. The van der Waals surface area contributed by atoms with Gasteiger partial charge in [0.25, 0.3) is 0 Å². The summed E-state index contributed by atoms with van der Waals surface area (Å²) in [4.78, 5) is 0.906. The van der Waals surface area contributed by atoms with Crippen LogP contribution in [0.15, 0.2) is 23.1 Å². The lowest BCUT2D eigenvalue weighted by atomic mass is 10.2. The molecule has 0 saturated heterocycles. The minimum atomic E-state index is -0.343. The van der Waals surface area contributed by atoms with Gasteiger partial charge in [0, 0.05) is 4.90 Å². The molecule has 0 aliphatic heterocycles. The summed E-state index contributed by atoms with van der Waals surface area (Å²) in [5.74, 6) is -0.251. The van der Waals surface area contributed by atoms with Gasteiger partial charge in [-0.1, -0.05) is 0 Å². The lowest BCUT2D eigenvalue weighted by molar-refractivity contribution is 0.296. The van der Waals surface area contributed by atoms with E-state index in [9.17, 15) is 4.39 Å². The van der Waals surface area contributed by atoms with Crippen molar-refractivity contribution in [3.05, 3.63) is 29.6 Å². The van der Waals surface area contributed by atoms with Crippen LogP contribution in [0.25, 0.3) is 0 Å². The Bertz CT molecular complexity index is 293. The molecule has 0 fully saturated rings. The number of aryl methyl sites for hydroxylation is 1. The standard InChI is InChI=1S/C9H12FNOS/c1-6-4-7(10)2-3-8(6)13-9(11)5-12/h2-4,9,12H,5,11H2,1H3. The smallest absolute Gasteiger partial charge is 0.123 e. The summed E-state index contributed by atoms with van der Waals surface area (Å²) in [5.41, 5.74) is 6.37. The second kappa shape index (κ2) is 4.60. The first-order chi connectivity index (χ1) is 6.13. The molecule has 0 saturated carbocycles. The van der Waals surface area contributed by atoms with Crippen molar-refractivity contribution >= 4 is 11.8 Å². The summed E-state index contributed by atoms with van der Waals surface area (Å²) < 4.78 is 12.7. The first-order valence-electron chi connectivity index (χ1n) is 3.92. The Morgan fingerprint density at radius 3 is 2.85 bits per heavy atom. The highest BCUT2D eigenvalue weighted by Crippen LogP contribution is 2.24. The first-order valence-corrected chi connectivity index (χ1v) is 4.80. The zero-order chi connectivity index (χ0) is 9.84. The number of nitrogens with two attached hydrogens (primary N) is 1. The molecule has 0 aliphatic carbocycles. The predicted molar refractivity (Wildman–Crippen MR) is 52.1 cm³/mol. The van der Waals surface area contributed by atoms with E-state index in [1.807, 2.05) is 6.92 Å². The van der Waals surface area contributed by atoms with Crippen LogP contribution in [0.4, 0.5) is 4.39 Å². The molecule has 1 aromatic rings. The summed E-state index contributed by atoms with van der Waals surface area (Å²) >= 11 is 1.34. The fourth-order valence-electron chi connectivity index (χ4n) is 0.945. The summed E-state index contributed by atoms with van der Waals surface area (Å²) in [6.07, 6.45) is 0. The molecule has 0 bridgehead atoms. The normalized spacial score (nSPS) is 12.9. The molecule has 1 aromatic carbocycles. The highest BCUT2D eigenvalue weighted by atomic mass is 32.2. The molecule has 0 aromatic heterocycles. The zero-order valence-electron chi connectivity index (χ0n) is 7.33. The van der Waals surface area contributed by atoms with Crippen LogP contribution in [0.2, 0.25) is 0 Å². The number of hydrogen-bond donors (Lipinski definition) is 2. The van der Waals surface area contributed by atoms with Crippen molar-refractivity contribution in [2.45, 2.75) is 17.2 Å². The van der Waals surface area contributed by atoms with Crippen molar-refractivity contribution in [1.29, 1.82) is 0 Å². The summed E-state index contributed by atoms with van der Waals surface area (Å²) in [6, 6.07) is 4.51. The van der Waals surface area contributed by atoms with Crippen LogP contribution in [0.3, 0.4) is 0 Å². The van der Waals surface area contributed by atoms with E-state index >= 15 is 0 Å². The van der Waals surface area contributed by atoms with Crippen molar-refractivity contribution < 1.29 is 9.50 Å². The molecule has 1 rings (SSSR count). The quantitative estimate of drug-likeness (QED) is 0.575. The Morgan fingerprint density at radius 2 is 2.31 bits per heavy atom. The van der Waals surface area contributed by atoms with Gasteiger partial charge in [0.05, 0.1) is 12.0 Å². The molecule has 3 N–H and O–H groups in total. The van der Waals surface area contributed by atoms with Gasteiger partial charge in [-0.05, 0) is 30.7 Å². The van der Waals surface area contributed by atoms with Crippen LogP contribution >= 0.6 is 11.8 Å². The molecule has 0 aliphatic rings. The molecular weight excluding hydrogens is 189 g/mol. The number of hydrogen-bond acceptors (Lipinski definition) is 3. The summed E-state index contributed by atoms with van der Waals surface area (Å²) in [6.45, 7) is 1.73. The SMILES string of the molecule is Cc1cc(F)ccc1SC(N)CO. The second-order valence-corrected chi connectivity index (χ2v) is 4.03. The topological polar surface area (TPSA) is 46.2 Å². The maximum Gasteiger partial charge on any atom is 0.123 e. The van der Waals surface area contributed by atoms with E-state index in [4.69, 9.17) is 10.8 Å². The van der Waals surface area contributed by atoms with Crippen molar-refractivity contribution in [1.82, 2.24) is 0 Å². The Morgan fingerprint density at radius 1 is 1.62 bits per heavy atom. The van der Waals surface area contributed by atoms with Crippen LogP contribution in [-0.4, -0.2) is 17.1 Å². The largest absolute Gasteiger partial charge is 0.394 e. The average Bonchev–Trinajstić information content (AvgIpc) is 2.09.